The fourth-order valence-electron chi connectivity index (χ4n) is 2.32. The molecule has 7 heteroatoms. The first kappa shape index (κ1) is 16.4. The summed E-state index contributed by atoms with van der Waals surface area (Å²) in [5.41, 5.74) is 0. The van der Waals surface area contributed by atoms with E-state index in [2.05, 4.69) is 5.32 Å². The quantitative estimate of drug-likeness (QED) is 0.639. The van der Waals surface area contributed by atoms with E-state index in [1.165, 1.54) is 6.42 Å². The Balaban J connectivity index is 2.22. The number of carbonyl (C=O) groups excluding carboxylic acids is 2. The molecule has 20 heavy (non-hydrogen) atoms. The second kappa shape index (κ2) is 8.50. The normalized spacial score (nSPS) is 17.2. The van der Waals surface area contributed by atoms with Gasteiger partial charge in [0.15, 0.2) is 6.04 Å². The summed E-state index contributed by atoms with van der Waals surface area (Å²) in [6.07, 6.45) is 5.93. The van der Waals surface area contributed by atoms with E-state index >= 15 is 0 Å². The van der Waals surface area contributed by atoms with Crippen molar-refractivity contribution in [2.45, 2.75) is 44.6 Å². The molecule has 0 radical (unpaired) electrons. The van der Waals surface area contributed by atoms with E-state index in [0.29, 0.717) is 12.3 Å². The molecule has 1 saturated carbocycles. The van der Waals surface area contributed by atoms with Crippen LogP contribution in [0.3, 0.4) is 0 Å². The van der Waals surface area contributed by atoms with Crippen LogP contribution >= 0.6 is 0 Å². The molecule has 0 spiro atoms. The summed E-state index contributed by atoms with van der Waals surface area (Å²) in [6, 6.07) is -1.56. The lowest BCUT2D eigenvalue weighted by molar-refractivity contribution is -0.142. The molecule has 0 saturated heterocycles. The van der Waals surface area contributed by atoms with Crippen molar-refractivity contribution in [1.82, 2.24) is 10.6 Å². The van der Waals surface area contributed by atoms with Crippen molar-refractivity contribution in [3.05, 3.63) is 0 Å². The van der Waals surface area contributed by atoms with Crippen LogP contribution in [0.5, 0.6) is 0 Å². The van der Waals surface area contributed by atoms with Crippen molar-refractivity contribution < 1.29 is 23.9 Å². The number of carbonyl (C=O) groups is 3. The average molecular weight is 288 g/mol. The van der Waals surface area contributed by atoms with Gasteiger partial charge in [0.25, 0.3) is 0 Å². The van der Waals surface area contributed by atoms with E-state index < -0.39 is 24.6 Å². The van der Waals surface area contributed by atoms with Gasteiger partial charge in [0, 0.05) is 6.42 Å². The maximum Gasteiger partial charge on any atom is 0.328 e. The van der Waals surface area contributed by atoms with E-state index in [1.54, 1.807) is 0 Å². The van der Waals surface area contributed by atoms with Gasteiger partial charge in [-0.1, -0.05) is 19.3 Å². The molecular formula is C13H21FN2O4. The maximum atomic E-state index is 12.3. The summed E-state index contributed by atoms with van der Waals surface area (Å²) in [5, 5.41) is 13.0. The SMILES string of the molecule is O=C(CC1CCCCC1)NCC(=O)NC(CF)C(=O)O. The minimum Gasteiger partial charge on any atom is -0.480 e. The van der Waals surface area contributed by atoms with Crippen LogP contribution in [0.2, 0.25) is 0 Å². The second-order valence-electron chi connectivity index (χ2n) is 5.10. The molecule has 1 atom stereocenters. The van der Waals surface area contributed by atoms with Crippen molar-refractivity contribution in [1.29, 1.82) is 0 Å². The number of aliphatic carboxylic acids is 1. The lowest BCUT2D eigenvalue weighted by Crippen LogP contribution is -2.46. The Morgan fingerprint density at radius 2 is 1.80 bits per heavy atom. The van der Waals surface area contributed by atoms with Gasteiger partial charge in [-0.25, -0.2) is 9.18 Å². The molecule has 2 amide bonds. The highest BCUT2D eigenvalue weighted by atomic mass is 19.1. The third-order valence-corrected chi connectivity index (χ3v) is 3.43. The Morgan fingerprint density at radius 1 is 1.15 bits per heavy atom. The van der Waals surface area contributed by atoms with Gasteiger partial charge in [-0.05, 0) is 18.8 Å². The standard InChI is InChI=1S/C13H21FN2O4/c14-7-10(13(19)20)16-12(18)8-15-11(17)6-9-4-2-1-3-5-9/h9-10H,1-8H2,(H,15,17)(H,16,18)(H,19,20). The highest BCUT2D eigenvalue weighted by Crippen LogP contribution is 2.25. The predicted molar refractivity (Wildman–Crippen MR) is 69.7 cm³/mol. The molecule has 1 aliphatic carbocycles. The maximum absolute atomic E-state index is 12.3. The molecular weight excluding hydrogens is 267 g/mol. The van der Waals surface area contributed by atoms with Crippen molar-refractivity contribution in [3.63, 3.8) is 0 Å². The summed E-state index contributed by atoms with van der Waals surface area (Å²) in [5.74, 6) is -2.00. The zero-order valence-corrected chi connectivity index (χ0v) is 11.4. The number of carboxylic acid groups (broad SMARTS) is 1. The van der Waals surface area contributed by atoms with Gasteiger partial charge in [-0.3, -0.25) is 9.59 Å². The van der Waals surface area contributed by atoms with Crippen LogP contribution in [0.1, 0.15) is 38.5 Å². The second-order valence-corrected chi connectivity index (χ2v) is 5.10. The first-order valence-corrected chi connectivity index (χ1v) is 6.87. The number of hydrogen-bond acceptors (Lipinski definition) is 3. The minimum absolute atomic E-state index is 0.223. The Kier molecular flexibility index (Phi) is 6.97. The third kappa shape index (κ3) is 5.99. The summed E-state index contributed by atoms with van der Waals surface area (Å²) in [7, 11) is 0. The minimum atomic E-state index is -1.56. The molecule has 0 aromatic rings. The number of carboxylic acids is 1. The van der Waals surface area contributed by atoms with Gasteiger partial charge in [0.1, 0.15) is 6.67 Å². The fraction of sp³-hybridized carbons (Fsp3) is 0.769. The molecule has 0 aliphatic heterocycles. The average Bonchev–Trinajstić information content (AvgIpc) is 2.43. The first-order valence-electron chi connectivity index (χ1n) is 6.87. The molecule has 1 aliphatic rings. The molecule has 1 fully saturated rings. The number of amides is 2. The van der Waals surface area contributed by atoms with Crippen molar-refractivity contribution >= 4 is 17.8 Å². The number of nitrogens with one attached hydrogen (secondary N) is 2. The lowest BCUT2D eigenvalue weighted by Gasteiger charge is -2.20. The zero-order valence-electron chi connectivity index (χ0n) is 11.4. The topological polar surface area (TPSA) is 95.5 Å². The Morgan fingerprint density at radius 3 is 2.35 bits per heavy atom. The van der Waals surface area contributed by atoms with E-state index in [4.69, 9.17) is 5.11 Å². The summed E-state index contributed by atoms with van der Waals surface area (Å²) >= 11 is 0. The van der Waals surface area contributed by atoms with Crippen molar-refractivity contribution in [2.75, 3.05) is 13.2 Å². The molecule has 114 valence electrons. The van der Waals surface area contributed by atoms with Gasteiger partial charge in [0.2, 0.25) is 11.8 Å². The van der Waals surface area contributed by atoms with Gasteiger partial charge in [-0.15, -0.1) is 0 Å². The van der Waals surface area contributed by atoms with E-state index in [-0.39, 0.29) is 12.5 Å². The Hall–Kier alpha value is -1.66. The van der Waals surface area contributed by atoms with E-state index in [9.17, 15) is 18.8 Å². The predicted octanol–water partition coefficient (Wildman–Crippen LogP) is 0.612. The van der Waals surface area contributed by atoms with Gasteiger partial charge in [-0.2, -0.15) is 0 Å². The molecule has 3 N–H and O–H groups in total. The van der Waals surface area contributed by atoms with Crippen LogP contribution in [0.4, 0.5) is 4.39 Å². The molecule has 6 nitrogen and oxygen atoms in total. The smallest absolute Gasteiger partial charge is 0.328 e. The van der Waals surface area contributed by atoms with E-state index in [1.807, 2.05) is 5.32 Å². The van der Waals surface area contributed by atoms with Crippen LogP contribution in [0.25, 0.3) is 0 Å². The monoisotopic (exact) mass is 288 g/mol. The zero-order chi connectivity index (χ0) is 15.0. The fourth-order valence-corrected chi connectivity index (χ4v) is 2.32. The largest absolute Gasteiger partial charge is 0.480 e. The summed E-state index contributed by atoms with van der Waals surface area (Å²) in [4.78, 5) is 33.5. The van der Waals surface area contributed by atoms with Crippen LogP contribution in [0.15, 0.2) is 0 Å². The van der Waals surface area contributed by atoms with Crippen LogP contribution in [-0.2, 0) is 14.4 Å². The highest BCUT2D eigenvalue weighted by molar-refractivity contribution is 5.87. The molecule has 0 aromatic carbocycles. The number of hydrogen-bond donors (Lipinski definition) is 3. The molecule has 0 aromatic heterocycles. The van der Waals surface area contributed by atoms with Gasteiger partial charge in [0.05, 0.1) is 6.54 Å². The van der Waals surface area contributed by atoms with Crippen molar-refractivity contribution in [2.24, 2.45) is 5.92 Å². The first-order chi connectivity index (χ1) is 9.52. The summed E-state index contributed by atoms with van der Waals surface area (Å²) < 4.78 is 12.3. The van der Waals surface area contributed by atoms with Crippen LogP contribution < -0.4 is 10.6 Å². The third-order valence-electron chi connectivity index (χ3n) is 3.43. The molecule has 0 bridgehead atoms. The molecule has 1 rings (SSSR count). The Labute approximate surface area is 117 Å². The lowest BCUT2D eigenvalue weighted by atomic mass is 9.87. The van der Waals surface area contributed by atoms with Crippen LogP contribution in [0, 0.1) is 5.92 Å². The molecule has 0 heterocycles. The Bertz CT molecular complexity index is 356. The number of halogens is 1. The van der Waals surface area contributed by atoms with Crippen molar-refractivity contribution in [3.8, 4) is 0 Å². The van der Waals surface area contributed by atoms with Gasteiger partial charge >= 0.3 is 5.97 Å². The van der Waals surface area contributed by atoms with E-state index in [0.717, 1.165) is 25.7 Å². The van der Waals surface area contributed by atoms with Crippen LogP contribution in [-0.4, -0.2) is 42.2 Å². The van der Waals surface area contributed by atoms with Gasteiger partial charge < -0.3 is 15.7 Å². The summed E-state index contributed by atoms with van der Waals surface area (Å²) in [6.45, 7) is -1.51. The number of alkyl halides is 1. The number of rotatable bonds is 7. The highest BCUT2D eigenvalue weighted by Gasteiger charge is 2.20. The molecule has 1 unspecified atom stereocenters.